The van der Waals surface area contributed by atoms with E-state index in [2.05, 4.69) is 22.1 Å². The Balaban J connectivity index is 1.87. The van der Waals surface area contributed by atoms with Crippen molar-refractivity contribution in [1.29, 1.82) is 0 Å². The highest BCUT2D eigenvalue weighted by atomic mass is 32.2. The van der Waals surface area contributed by atoms with Crippen LogP contribution in [0.3, 0.4) is 0 Å². The summed E-state index contributed by atoms with van der Waals surface area (Å²) < 4.78 is 1.83. The van der Waals surface area contributed by atoms with Crippen molar-refractivity contribution in [2.24, 2.45) is 0 Å². The Labute approximate surface area is 167 Å². The SMILES string of the molecule is C=CCn1cnnc1S[C@H](C(=O)Nc1cccc(C(C)=O)c1)c1ccccc1. The molecular formula is C21H20N4O2S. The third-order valence-corrected chi connectivity index (χ3v) is 5.26. The van der Waals surface area contributed by atoms with Crippen LogP contribution in [-0.2, 0) is 11.3 Å². The Morgan fingerprint density at radius 3 is 2.71 bits per heavy atom. The van der Waals surface area contributed by atoms with Gasteiger partial charge in [0.15, 0.2) is 10.9 Å². The maximum absolute atomic E-state index is 13.1. The second-order valence-electron chi connectivity index (χ2n) is 6.09. The first-order valence-corrected chi connectivity index (χ1v) is 9.58. The summed E-state index contributed by atoms with van der Waals surface area (Å²) in [7, 11) is 0. The zero-order valence-corrected chi connectivity index (χ0v) is 16.2. The molecule has 0 saturated heterocycles. The quantitative estimate of drug-likeness (QED) is 0.354. The predicted molar refractivity (Wildman–Crippen MR) is 110 cm³/mol. The zero-order valence-electron chi connectivity index (χ0n) is 15.4. The number of Topliss-reactive ketones (excluding diaryl/α,β-unsaturated/α-hetero) is 1. The molecule has 0 aliphatic carbocycles. The fraction of sp³-hybridized carbons (Fsp3) is 0.143. The normalized spacial score (nSPS) is 11.6. The standard InChI is InChI=1S/C21H20N4O2S/c1-3-12-25-14-22-24-21(25)28-19(16-8-5-4-6-9-16)20(27)23-18-11-7-10-17(13-18)15(2)26/h3-11,13-14,19H,1,12H2,2H3,(H,23,27)/t19-/m0/s1. The van der Waals surface area contributed by atoms with Gasteiger partial charge >= 0.3 is 0 Å². The van der Waals surface area contributed by atoms with Crippen molar-refractivity contribution < 1.29 is 9.59 Å². The molecule has 0 aliphatic rings. The van der Waals surface area contributed by atoms with Crippen molar-refractivity contribution in [3.8, 4) is 0 Å². The molecule has 0 bridgehead atoms. The molecule has 0 fully saturated rings. The molecule has 142 valence electrons. The Hall–Kier alpha value is -3.19. The van der Waals surface area contributed by atoms with Gasteiger partial charge in [-0.25, -0.2) is 0 Å². The molecule has 0 spiro atoms. The number of hydrogen-bond acceptors (Lipinski definition) is 5. The van der Waals surface area contributed by atoms with Crippen LogP contribution in [0.5, 0.6) is 0 Å². The summed E-state index contributed by atoms with van der Waals surface area (Å²) in [6, 6.07) is 16.4. The lowest BCUT2D eigenvalue weighted by atomic mass is 10.1. The van der Waals surface area contributed by atoms with Gasteiger partial charge in [0.1, 0.15) is 11.6 Å². The number of thioether (sulfide) groups is 1. The van der Waals surface area contributed by atoms with E-state index in [1.807, 2.05) is 34.9 Å². The van der Waals surface area contributed by atoms with Crippen LogP contribution < -0.4 is 5.32 Å². The number of rotatable bonds is 8. The van der Waals surface area contributed by atoms with Crippen LogP contribution in [0.4, 0.5) is 5.69 Å². The Morgan fingerprint density at radius 2 is 2.00 bits per heavy atom. The molecule has 1 N–H and O–H groups in total. The Morgan fingerprint density at radius 1 is 1.21 bits per heavy atom. The van der Waals surface area contributed by atoms with E-state index in [4.69, 9.17) is 0 Å². The highest BCUT2D eigenvalue weighted by molar-refractivity contribution is 8.00. The van der Waals surface area contributed by atoms with Gasteiger partial charge < -0.3 is 9.88 Å². The molecule has 3 rings (SSSR count). The lowest BCUT2D eigenvalue weighted by Crippen LogP contribution is -2.19. The molecule has 6 nitrogen and oxygen atoms in total. The number of carbonyl (C=O) groups excluding carboxylic acids is 2. The van der Waals surface area contributed by atoms with Crippen molar-refractivity contribution in [2.75, 3.05) is 5.32 Å². The summed E-state index contributed by atoms with van der Waals surface area (Å²) in [6.07, 6.45) is 3.36. The number of amides is 1. The van der Waals surface area contributed by atoms with Crippen LogP contribution in [0.2, 0.25) is 0 Å². The van der Waals surface area contributed by atoms with Gasteiger partial charge in [0, 0.05) is 17.8 Å². The minimum Gasteiger partial charge on any atom is -0.325 e. The van der Waals surface area contributed by atoms with Gasteiger partial charge in [-0.1, -0.05) is 60.3 Å². The van der Waals surface area contributed by atoms with Crippen LogP contribution in [0.15, 0.2) is 78.7 Å². The number of anilines is 1. The summed E-state index contributed by atoms with van der Waals surface area (Å²) >= 11 is 1.32. The van der Waals surface area contributed by atoms with Crippen molar-refractivity contribution in [2.45, 2.75) is 23.9 Å². The molecule has 0 unspecified atom stereocenters. The number of benzene rings is 2. The first-order valence-electron chi connectivity index (χ1n) is 8.70. The van der Waals surface area contributed by atoms with Gasteiger partial charge in [-0.3, -0.25) is 9.59 Å². The molecule has 2 aromatic carbocycles. The monoisotopic (exact) mass is 392 g/mol. The Kier molecular flexibility index (Phi) is 6.39. The smallest absolute Gasteiger partial charge is 0.242 e. The Bertz CT molecular complexity index is 985. The average Bonchev–Trinajstić information content (AvgIpc) is 3.14. The van der Waals surface area contributed by atoms with E-state index in [-0.39, 0.29) is 11.7 Å². The minimum atomic E-state index is -0.532. The summed E-state index contributed by atoms with van der Waals surface area (Å²) in [6.45, 7) is 5.79. The van der Waals surface area contributed by atoms with E-state index in [0.29, 0.717) is 23.0 Å². The average molecular weight is 392 g/mol. The first-order chi connectivity index (χ1) is 13.6. The number of carbonyl (C=O) groups is 2. The van der Waals surface area contributed by atoms with E-state index in [0.717, 1.165) is 5.56 Å². The van der Waals surface area contributed by atoms with E-state index in [9.17, 15) is 9.59 Å². The number of aromatic nitrogens is 3. The number of ketones is 1. The fourth-order valence-electron chi connectivity index (χ4n) is 2.63. The van der Waals surface area contributed by atoms with Crippen molar-refractivity contribution in [1.82, 2.24) is 14.8 Å². The highest BCUT2D eigenvalue weighted by Gasteiger charge is 2.24. The van der Waals surface area contributed by atoms with Gasteiger partial charge in [0.2, 0.25) is 5.91 Å². The predicted octanol–water partition coefficient (Wildman–Crippen LogP) is 4.14. The van der Waals surface area contributed by atoms with Crippen LogP contribution in [0.25, 0.3) is 0 Å². The van der Waals surface area contributed by atoms with E-state index < -0.39 is 5.25 Å². The van der Waals surface area contributed by atoms with Crippen LogP contribution in [-0.4, -0.2) is 26.5 Å². The third-order valence-electron chi connectivity index (χ3n) is 4.01. The molecule has 0 radical (unpaired) electrons. The second-order valence-corrected chi connectivity index (χ2v) is 7.16. The molecule has 0 aliphatic heterocycles. The minimum absolute atomic E-state index is 0.0531. The summed E-state index contributed by atoms with van der Waals surface area (Å²) in [5, 5.41) is 11.1. The third kappa shape index (κ3) is 4.75. The lowest BCUT2D eigenvalue weighted by molar-refractivity contribution is -0.115. The molecule has 1 amide bonds. The fourth-order valence-corrected chi connectivity index (χ4v) is 3.65. The lowest BCUT2D eigenvalue weighted by Gasteiger charge is -2.17. The van der Waals surface area contributed by atoms with Gasteiger partial charge in [0.25, 0.3) is 0 Å². The molecule has 1 heterocycles. The summed E-state index contributed by atoms with van der Waals surface area (Å²) in [5.74, 6) is -0.257. The highest BCUT2D eigenvalue weighted by Crippen LogP contribution is 2.35. The van der Waals surface area contributed by atoms with E-state index >= 15 is 0 Å². The van der Waals surface area contributed by atoms with E-state index in [1.165, 1.54) is 18.7 Å². The number of allylic oxidation sites excluding steroid dienone is 1. The van der Waals surface area contributed by atoms with Gasteiger partial charge in [-0.2, -0.15) is 0 Å². The van der Waals surface area contributed by atoms with E-state index in [1.54, 1.807) is 36.7 Å². The molecule has 0 saturated carbocycles. The molecular weight excluding hydrogens is 372 g/mol. The maximum atomic E-state index is 13.1. The van der Waals surface area contributed by atoms with Gasteiger partial charge in [-0.05, 0) is 24.6 Å². The second kappa shape index (κ2) is 9.14. The van der Waals surface area contributed by atoms with Crippen molar-refractivity contribution in [3.05, 3.63) is 84.7 Å². The summed E-state index contributed by atoms with van der Waals surface area (Å²) in [5.41, 5.74) is 1.97. The maximum Gasteiger partial charge on any atom is 0.242 e. The topological polar surface area (TPSA) is 76.9 Å². The molecule has 1 aromatic heterocycles. The van der Waals surface area contributed by atoms with Gasteiger partial charge in [-0.15, -0.1) is 16.8 Å². The van der Waals surface area contributed by atoms with Crippen LogP contribution >= 0.6 is 11.8 Å². The first kappa shape index (κ1) is 19.6. The number of nitrogens with one attached hydrogen (secondary N) is 1. The summed E-state index contributed by atoms with van der Waals surface area (Å²) in [4.78, 5) is 24.7. The van der Waals surface area contributed by atoms with Crippen LogP contribution in [0, 0.1) is 0 Å². The van der Waals surface area contributed by atoms with Crippen molar-refractivity contribution >= 4 is 29.1 Å². The zero-order chi connectivity index (χ0) is 19.9. The van der Waals surface area contributed by atoms with Crippen LogP contribution in [0.1, 0.15) is 28.1 Å². The number of nitrogens with zero attached hydrogens (tertiary/aromatic N) is 3. The molecule has 3 aromatic rings. The molecule has 7 heteroatoms. The number of hydrogen-bond donors (Lipinski definition) is 1. The molecule has 28 heavy (non-hydrogen) atoms. The largest absolute Gasteiger partial charge is 0.325 e. The van der Waals surface area contributed by atoms with Gasteiger partial charge in [0.05, 0.1) is 0 Å². The van der Waals surface area contributed by atoms with Crippen molar-refractivity contribution in [3.63, 3.8) is 0 Å². The molecule has 1 atom stereocenters.